The molecule has 0 atom stereocenters. The number of nitro groups is 1. The molecule has 0 aliphatic rings. The number of alkyl halides is 2. The number of aromatic nitrogens is 3. The van der Waals surface area contributed by atoms with Crippen LogP contribution >= 0.6 is 0 Å². The average molecular weight is 325 g/mol. The fourth-order valence-corrected chi connectivity index (χ4v) is 1.73. The number of nitrogens with zero attached hydrogens (tertiary/aromatic N) is 3. The van der Waals surface area contributed by atoms with Gasteiger partial charge in [0.2, 0.25) is 17.8 Å². The lowest BCUT2D eigenvalue weighted by atomic mass is 10.2. The van der Waals surface area contributed by atoms with Gasteiger partial charge in [-0.1, -0.05) is 12.1 Å². The number of benzene rings is 1. The van der Waals surface area contributed by atoms with Gasteiger partial charge < -0.3 is 0 Å². The molecule has 1 amide bonds. The minimum Gasteiger partial charge on any atom is -0.293 e. The number of non-ortho nitro benzene ring substituents is 1. The number of hydrogen-bond acceptors (Lipinski definition) is 5. The molecule has 2 rings (SSSR count). The molecular formula is C13H13F2N5O3. The number of carbonyl (C=O) groups excluding carboxylic acids is 1. The van der Waals surface area contributed by atoms with Crippen molar-refractivity contribution in [2.75, 3.05) is 5.32 Å². The first-order valence-corrected chi connectivity index (χ1v) is 6.59. The van der Waals surface area contributed by atoms with E-state index < -0.39 is 23.2 Å². The molecule has 0 saturated heterocycles. The topological polar surface area (TPSA) is 114 Å². The van der Waals surface area contributed by atoms with Gasteiger partial charge in [-0.15, -0.1) is 5.10 Å². The van der Waals surface area contributed by atoms with Crippen LogP contribution < -0.4 is 5.32 Å². The molecule has 0 radical (unpaired) electrons. The van der Waals surface area contributed by atoms with E-state index in [2.05, 4.69) is 20.5 Å². The Balaban J connectivity index is 2.05. The molecular weight excluding hydrogens is 312 g/mol. The van der Waals surface area contributed by atoms with Crippen molar-refractivity contribution >= 4 is 17.5 Å². The van der Waals surface area contributed by atoms with Crippen LogP contribution in [0.15, 0.2) is 24.3 Å². The molecule has 1 aromatic heterocycles. The molecule has 10 heteroatoms. The molecule has 0 unspecified atom stereocenters. The second-order valence-electron chi connectivity index (χ2n) is 4.93. The number of aromatic amines is 1. The van der Waals surface area contributed by atoms with Crippen molar-refractivity contribution in [1.29, 1.82) is 0 Å². The number of hydrogen-bond donors (Lipinski definition) is 2. The molecule has 0 bridgehead atoms. The minimum atomic E-state index is -2.93. The molecule has 0 aliphatic carbocycles. The number of nitro benzene ring substituents is 1. The predicted octanol–water partition coefficient (Wildman–Crippen LogP) is 2.75. The van der Waals surface area contributed by atoms with E-state index in [4.69, 9.17) is 0 Å². The summed E-state index contributed by atoms with van der Waals surface area (Å²) in [5.41, 5.74) is 0.293. The third-order valence-corrected chi connectivity index (χ3v) is 2.86. The van der Waals surface area contributed by atoms with Crippen LogP contribution in [0.2, 0.25) is 0 Å². The van der Waals surface area contributed by atoms with Crippen LogP contribution in [0.3, 0.4) is 0 Å². The maximum Gasteiger partial charge on any atom is 0.270 e. The van der Waals surface area contributed by atoms with Crippen molar-refractivity contribution < 1.29 is 18.5 Å². The number of nitrogens with one attached hydrogen (secondary N) is 2. The van der Waals surface area contributed by atoms with E-state index in [1.54, 1.807) is 6.07 Å². The van der Waals surface area contributed by atoms with Crippen molar-refractivity contribution in [2.45, 2.75) is 25.7 Å². The fourth-order valence-electron chi connectivity index (χ4n) is 1.73. The Kier molecular flexibility index (Phi) is 4.63. The molecule has 8 nitrogen and oxygen atoms in total. The molecule has 0 saturated carbocycles. The summed E-state index contributed by atoms with van der Waals surface area (Å²) >= 11 is 0. The molecule has 2 N–H and O–H groups in total. The zero-order valence-corrected chi connectivity index (χ0v) is 12.0. The van der Waals surface area contributed by atoms with Crippen LogP contribution in [0.4, 0.5) is 20.4 Å². The summed E-state index contributed by atoms with van der Waals surface area (Å²) in [6.07, 6.45) is -0.953. The SMILES string of the molecule is CC(F)(F)CCC(=O)Nc1n[nH]c(-c2cccc([N+](=O)[O-])c2)n1. The first-order chi connectivity index (χ1) is 10.7. The molecule has 23 heavy (non-hydrogen) atoms. The average Bonchev–Trinajstić information content (AvgIpc) is 2.93. The monoisotopic (exact) mass is 325 g/mol. The van der Waals surface area contributed by atoms with Crippen LogP contribution in [0.25, 0.3) is 11.4 Å². The largest absolute Gasteiger partial charge is 0.293 e. The quantitative estimate of drug-likeness (QED) is 0.626. The first-order valence-electron chi connectivity index (χ1n) is 6.59. The number of anilines is 1. The summed E-state index contributed by atoms with van der Waals surface area (Å²) in [4.78, 5) is 25.7. The van der Waals surface area contributed by atoms with E-state index in [1.165, 1.54) is 18.2 Å². The smallest absolute Gasteiger partial charge is 0.270 e. The predicted molar refractivity (Wildman–Crippen MR) is 77.0 cm³/mol. The Morgan fingerprint density at radius 1 is 1.48 bits per heavy atom. The first kappa shape index (κ1) is 16.5. The van der Waals surface area contributed by atoms with Crippen molar-refractivity contribution in [3.63, 3.8) is 0 Å². The lowest BCUT2D eigenvalue weighted by Gasteiger charge is -2.08. The normalized spacial score (nSPS) is 11.3. The van der Waals surface area contributed by atoms with Gasteiger partial charge in [-0.2, -0.15) is 4.98 Å². The molecule has 0 fully saturated rings. The highest BCUT2D eigenvalue weighted by molar-refractivity contribution is 5.89. The second-order valence-corrected chi connectivity index (χ2v) is 4.93. The van der Waals surface area contributed by atoms with Crippen LogP contribution in [0.5, 0.6) is 0 Å². The summed E-state index contributed by atoms with van der Waals surface area (Å²) < 4.78 is 25.4. The van der Waals surface area contributed by atoms with Gasteiger partial charge in [0.05, 0.1) is 4.92 Å². The van der Waals surface area contributed by atoms with Crippen LogP contribution in [-0.2, 0) is 4.79 Å². The van der Waals surface area contributed by atoms with E-state index in [0.717, 1.165) is 6.92 Å². The van der Waals surface area contributed by atoms with Gasteiger partial charge in [-0.25, -0.2) is 8.78 Å². The van der Waals surface area contributed by atoms with E-state index >= 15 is 0 Å². The second kappa shape index (κ2) is 6.46. The molecule has 1 aromatic carbocycles. The van der Waals surface area contributed by atoms with E-state index in [-0.39, 0.29) is 23.9 Å². The number of amides is 1. The highest BCUT2D eigenvalue weighted by atomic mass is 19.3. The maximum absolute atomic E-state index is 12.7. The summed E-state index contributed by atoms with van der Waals surface area (Å²) in [5, 5.41) is 19.3. The Morgan fingerprint density at radius 3 is 2.87 bits per heavy atom. The van der Waals surface area contributed by atoms with E-state index in [0.29, 0.717) is 5.56 Å². The third-order valence-electron chi connectivity index (χ3n) is 2.86. The van der Waals surface area contributed by atoms with Gasteiger partial charge in [0, 0.05) is 30.5 Å². The zero-order chi connectivity index (χ0) is 17.0. The van der Waals surface area contributed by atoms with E-state index in [9.17, 15) is 23.7 Å². The molecule has 1 heterocycles. The van der Waals surface area contributed by atoms with Crippen molar-refractivity contribution in [2.24, 2.45) is 0 Å². The Morgan fingerprint density at radius 2 is 2.22 bits per heavy atom. The van der Waals surface area contributed by atoms with Crippen molar-refractivity contribution in [1.82, 2.24) is 15.2 Å². The number of halogens is 2. The Labute approximate surface area is 129 Å². The third kappa shape index (κ3) is 4.80. The van der Waals surface area contributed by atoms with Gasteiger partial charge in [-0.05, 0) is 6.92 Å². The standard InChI is InChI=1S/C13H13F2N5O3/c1-13(14,15)6-5-10(21)16-12-17-11(18-19-12)8-3-2-4-9(7-8)20(22)23/h2-4,7H,5-6H2,1H3,(H2,16,17,18,19,21). The highest BCUT2D eigenvalue weighted by Gasteiger charge is 2.22. The maximum atomic E-state index is 12.7. The molecule has 122 valence electrons. The van der Waals surface area contributed by atoms with Gasteiger partial charge >= 0.3 is 0 Å². The zero-order valence-electron chi connectivity index (χ0n) is 12.0. The van der Waals surface area contributed by atoms with Gasteiger partial charge in [-0.3, -0.25) is 25.3 Å². The van der Waals surface area contributed by atoms with E-state index in [1.807, 2.05) is 0 Å². The minimum absolute atomic E-state index is 0.0871. The van der Waals surface area contributed by atoms with Crippen molar-refractivity contribution in [3.8, 4) is 11.4 Å². The number of H-pyrrole nitrogens is 1. The van der Waals surface area contributed by atoms with Gasteiger partial charge in [0.25, 0.3) is 5.69 Å². The number of carbonyl (C=O) groups is 1. The van der Waals surface area contributed by atoms with Crippen molar-refractivity contribution in [3.05, 3.63) is 34.4 Å². The summed E-state index contributed by atoms with van der Waals surface area (Å²) in [5.74, 6) is -3.44. The van der Waals surface area contributed by atoms with Crippen LogP contribution in [-0.4, -0.2) is 31.9 Å². The lowest BCUT2D eigenvalue weighted by Crippen LogP contribution is -2.18. The fraction of sp³-hybridized carbons (Fsp3) is 0.308. The molecule has 0 spiro atoms. The molecule has 0 aliphatic heterocycles. The van der Waals surface area contributed by atoms with Crippen LogP contribution in [0, 0.1) is 10.1 Å². The summed E-state index contributed by atoms with van der Waals surface area (Å²) in [7, 11) is 0. The van der Waals surface area contributed by atoms with Crippen LogP contribution in [0.1, 0.15) is 19.8 Å². The molecule has 2 aromatic rings. The number of rotatable bonds is 6. The van der Waals surface area contributed by atoms with Gasteiger partial charge in [0.1, 0.15) is 0 Å². The summed E-state index contributed by atoms with van der Waals surface area (Å²) in [6, 6.07) is 5.69. The Bertz CT molecular complexity index is 726. The highest BCUT2D eigenvalue weighted by Crippen LogP contribution is 2.22. The lowest BCUT2D eigenvalue weighted by molar-refractivity contribution is -0.384. The Hall–Kier alpha value is -2.91. The summed E-state index contributed by atoms with van der Waals surface area (Å²) in [6.45, 7) is 0.730. The van der Waals surface area contributed by atoms with Gasteiger partial charge in [0.15, 0.2) is 5.82 Å².